The number of hydrogen-bond donors (Lipinski definition) is 0. The Labute approximate surface area is 86.9 Å². The maximum absolute atomic E-state index is 10.9. The van der Waals surface area contributed by atoms with E-state index in [4.69, 9.17) is 4.74 Å². The minimum absolute atomic E-state index is 0.439. The molecule has 0 amide bonds. The second-order valence-corrected chi connectivity index (χ2v) is 3.10. The molecule has 2 rings (SSSR count). The van der Waals surface area contributed by atoms with E-state index in [1.807, 2.05) is 30.3 Å². The summed E-state index contributed by atoms with van der Waals surface area (Å²) < 4.78 is 4.93. The first-order chi connectivity index (χ1) is 7.31. The Kier molecular flexibility index (Phi) is 2.65. The summed E-state index contributed by atoms with van der Waals surface area (Å²) in [6, 6.07) is 12.9. The fourth-order valence-electron chi connectivity index (χ4n) is 1.44. The summed E-state index contributed by atoms with van der Waals surface area (Å²) in [5.41, 5.74) is 0. The van der Waals surface area contributed by atoms with Crippen LogP contribution in [0, 0.1) is 0 Å². The number of carbonyl (C=O) groups is 1. The number of fused-ring (bicyclic) bond motifs is 1. The first-order valence-electron chi connectivity index (χ1n) is 4.58. The normalized spacial score (nSPS) is 10.2. The highest BCUT2D eigenvalue weighted by atomic mass is 16.5. The van der Waals surface area contributed by atoms with Crippen LogP contribution in [0.15, 0.2) is 42.5 Å². The Morgan fingerprint density at radius 1 is 1.07 bits per heavy atom. The summed E-state index contributed by atoms with van der Waals surface area (Å²) in [5.74, 6) is -0.319. The molecule has 0 N–H and O–H groups in total. The van der Waals surface area contributed by atoms with E-state index >= 15 is 0 Å². The second-order valence-electron chi connectivity index (χ2n) is 3.10. The van der Waals surface area contributed by atoms with Gasteiger partial charge < -0.3 is 4.74 Å². The van der Waals surface area contributed by atoms with Crippen molar-refractivity contribution in [1.29, 1.82) is 0 Å². The van der Waals surface area contributed by atoms with Crippen LogP contribution in [0.3, 0.4) is 0 Å². The Hall–Kier alpha value is -1.87. The van der Waals surface area contributed by atoms with Crippen molar-refractivity contribution in [2.24, 2.45) is 0 Å². The Morgan fingerprint density at radius 2 is 1.80 bits per heavy atom. The number of esters is 1. The van der Waals surface area contributed by atoms with Crippen LogP contribution < -0.4 is 4.74 Å². The Morgan fingerprint density at radius 3 is 2.60 bits per heavy atom. The first kappa shape index (κ1) is 9.68. The summed E-state index contributed by atoms with van der Waals surface area (Å²) in [6.45, 7) is -0.858. The van der Waals surface area contributed by atoms with Crippen LogP contribution in [0.4, 0.5) is 0 Å². The highest BCUT2D eigenvalue weighted by molar-refractivity contribution is 5.90. The topological polar surface area (TPSA) is 46.2 Å². The third kappa shape index (κ3) is 1.97. The molecule has 0 fully saturated rings. The predicted octanol–water partition coefficient (Wildman–Crippen LogP) is 2.18. The average molecular weight is 201 g/mol. The van der Waals surface area contributed by atoms with Gasteiger partial charge in [0.15, 0.2) is 6.61 Å². The molecule has 0 saturated carbocycles. The van der Waals surface area contributed by atoms with Gasteiger partial charge in [-0.05, 0) is 11.5 Å². The van der Waals surface area contributed by atoms with Crippen molar-refractivity contribution in [3.8, 4) is 5.75 Å². The number of rotatable bonds is 2. The minimum atomic E-state index is -0.858. The zero-order valence-electron chi connectivity index (χ0n) is 7.97. The van der Waals surface area contributed by atoms with E-state index < -0.39 is 12.6 Å². The van der Waals surface area contributed by atoms with Gasteiger partial charge in [-0.2, -0.15) is 0 Å². The SMILES string of the molecule is [O]CC(=O)Oc1cccc2ccccc12. The maximum Gasteiger partial charge on any atom is 0.340 e. The van der Waals surface area contributed by atoms with Gasteiger partial charge in [-0.25, -0.2) is 9.90 Å². The summed E-state index contributed by atoms with van der Waals surface area (Å²) in [7, 11) is 0. The second kappa shape index (κ2) is 4.11. The van der Waals surface area contributed by atoms with Crippen molar-refractivity contribution in [2.45, 2.75) is 0 Å². The molecule has 15 heavy (non-hydrogen) atoms. The molecule has 3 heteroatoms. The molecule has 75 valence electrons. The quantitative estimate of drug-likeness (QED) is 0.552. The van der Waals surface area contributed by atoms with Crippen molar-refractivity contribution in [2.75, 3.05) is 6.61 Å². The highest BCUT2D eigenvalue weighted by Gasteiger charge is 2.06. The summed E-state index contributed by atoms with van der Waals surface area (Å²) >= 11 is 0. The van der Waals surface area contributed by atoms with Gasteiger partial charge in [0.2, 0.25) is 0 Å². The molecule has 0 heterocycles. The molecule has 0 spiro atoms. The Balaban J connectivity index is 2.46. The number of benzene rings is 2. The largest absolute Gasteiger partial charge is 0.424 e. The first-order valence-corrected chi connectivity index (χ1v) is 4.58. The minimum Gasteiger partial charge on any atom is -0.424 e. The Bertz CT molecular complexity index is 486. The van der Waals surface area contributed by atoms with E-state index in [-0.39, 0.29) is 0 Å². The molecule has 0 aliphatic carbocycles. The van der Waals surface area contributed by atoms with E-state index in [0.29, 0.717) is 5.75 Å². The number of ether oxygens (including phenoxy) is 1. The molecule has 0 bridgehead atoms. The third-order valence-corrected chi connectivity index (χ3v) is 2.09. The molecule has 0 saturated heterocycles. The number of hydrogen-bond acceptors (Lipinski definition) is 2. The molecule has 3 nitrogen and oxygen atoms in total. The molecule has 0 aliphatic heterocycles. The fourth-order valence-corrected chi connectivity index (χ4v) is 1.44. The molecule has 2 aromatic carbocycles. The van der Waals surface area contributed by atoms with Crippen LogP contribution in [0.1, 0.15) is 0 Å². The lowest BCUT2D eigenvalue weighted by molar-refractivity contribution is -0.139. The maximum atomic E-state index is 10.9. The fraction of sp³-hybridized carbons (Fsp3) is 0.0833. The molecule has 2 aromatic rings. The van der Waals surface area contributed by atoms with Crippen LogP contribution in [0.2, 0.25) is 0 Å². The van der Waals surface area contributed by atoms with Crippen molar-refractivity contribution in [1.82, 2.24) is 0 Å². The summed E-state index contributed by atoms with van der Waals surface area (Å²) in [6.07, 6.45) is 0. The standard InChI is InChI=1S/C12H9O3/c13-8-12(14)15-11-7-3-5-9-4-1-2-6-10(9)11/h1-7H,8H2. The van der Waals surface area contributed by atoms with E-state index in [2.05, 4.69) is 0 Å². The third-order valence-electron chi connectivity index (χ3n) is 2.09. The van der Waals surface area contributed by atoms with Gasteiger partial charge in [-0.1, -0.05) is 36.4 Å². The van der Waals surface area contributed by atoms with Gasteiger partial charge in [0, 0.05) is 5.39 Å². The van der Waals surface area contributed by atoms with E-state index in [1.54, 1.807) is 12.1 Å². The van der Waals surface area contributed by atoms with Crippen molar-refractivity contribution >= 4 is 16.7 Å². The van der Waals surface area contributed by atoms with Crippen molar-refractivity contribution in [3.63, 3.8) is 0 Å². The lowest BCUT2D eigenvalue weighted by atomic mass is 10.1. The van der Waals surface area contributed by atoms with Gasteiger partial charge in [0.1, 0.15) is 5.75 Å². The van der Waals surface area contributed by atoms with Gasteiger partial charge in [0.05, 0.1) is 0 Å². The van der Waals surface area contributed by atoms with Crippen molar-refractivity contribution in [3.05, 3.63) is 42.5 Å². The van der Waals surface area contributed by atoms with Gasteiger partial charge in [-0.3, -0.25) is 0 Å². The predicted molar refractivity (Wildman–Crippen MR) is 55.1 cm³/mol. The van der Waals surface area contributed by atoms with Crippen LogP contribution in [-0.4, -0.2) is 12.6 Å². The molecule has 0 atom stereocenters. The van der Waals surface area contributed by atoms with Gasteiger partial charge in [0.25, 0.3) is 0 Å². The van der Waals surface area contributed by atoms with E-state index in [0.717, 1.165) is 10.8 Å². The monoisotopic (exact) mass is 201 g/mol. The lowest BCUT2D eigenvalue weighted by Crippen LogP contribution is -2.11. The van der Waals surface area contributed by atoms with E-state index in [1.165, 1.54) is 0 Å². The molecule has 0 unspecified atom stereocenters. The van der Waals surface area contributed by atoms with Gasteiger partial charge >= 0.3 is 5.97 Å². The van der Waals surface area contributed by atoms with Crippen LogP contribution in [0.25, 0.3) is 10.8 Å². The van der Waals surface area contributed by atoms with Crippen LogP contribution >= 0.6 is 0 Å². The molecular weight excluding hydrogens is 192 g/mol. The highest BCUT2D eigenvalue weighted by Crippen LogP contribution is 2.24. The molecule has 0 aliphatic rings. The molecule has 1 radical (unpaired) electrons. The zero-order chi connectivity index (χ0) is 10.7. The number of carbonyl (C=O) groups excluding carboxylic acids is 1. The van der Waals surface area contributed by atoms with E-state index in [9.17, 15) is 9.90 Å². The smallest absolute Gasteiger partial charge is 0.340 e. The van der Waals surface area contributed by atoms with Crippen LogP contribution in [0.5, 0.6) is 5.75 Å². The van der Waals surface area contributed by atoms with Gasteiger partial charge in [-0.15, -0.1) is 0 Å². The summed E-state index contributed by atoms with van der Waals surface area (Å²) in [5, 5.41) is 12.1. The van der Waals surface area contributed by atoms with Crippen molar-refractivity contribution < 1.29 is 14.6 Å². The summed E-state index contributed by atoms with van der Waals surface area (Å²) in [4.78, 5) is 10.9. The zero-order valence-corrected chi connectivity index (χ0v) is 7.97. The van der Waals surface area contributed by atoms with Crippen LogP contribution in [-0.2, 0) is 9.90 Å². The lowest BCUT2D eigenvalue weighted by Gasteiger charge is -2.05. The molecular formula is C12H9O3. The average Bonchev–Trinajstić information content (AvgIpc) is 2.29. The molecule has 0 aromatic heterocycles.